The van der Waals surface area contributed by atoms with Crippen LogP contribution in [0.1, 0.15) is 51.3 Å². The van der Waals surface area contributed by atoms with Crippen LogP contribution < -0.4 is 5.73 Å². The van der Waals surface area contributed by atoms with E-state index in [0.717, 1.165) is 15.4 Å². The van der Waals surface area contributed by atoms with Crippen LogP contribution in [0.25, 0.3) is 0 Å². The normalized spacial score (nSPS) is 15.6. The molecule has 0 saturated heterocycles. The summed E-state index contributed by atoms with van der Waals surface area (Å²) in [5, 5.41) is 0. The second-order valence-corrected chi connectivity index (χ2v) is 7.94. The molecule has 1 rings (SSSR count). The molecule has 0 aromatic heterocycles. The molecule has 2 unspecified atom stereocenters. The van der Waals surface area contributed by atoms with E-state index in [4.69, 9.17) is 5.73 Å². The fourth-order valence-corrected chi connectivity index (χ4v) is 2.92. The van der Waals surface area contributed by atoms with Gasteiger partial charge in [0.2, 0.25) is 0 Å². The van der Waals surface area contributed by atoms with Crippen LogP contribution in [0, 0.1) is 18.3 Å². The van der Waals surface area contributed by atoms with Gasteiger partial charge in [-0.15, -0.1) is 0 Å². The number of hydrogen-bond acceptors (Lipinski definition) is 1. The summed E-state index contributed by atoms with van der Waals surface area (Å²) in [5.41, 5.74) is 9.07. The van der Waals surface area contributed by atoms with Crippen molar-refractivity contribution in [2.45, 2.75) is 47.1 Å². The Kier molecular flexibility index (Phi) is 5.45. The Morgan fingerprint density at radius 2 is 1.72 bits per heavy atom. The van der Waals surface area contributed by atoms with E-state index in [9.17, 15) is 0 Å². The largest absolute Gasteiger partial charge is 0.324 e. The van der Waals surface area contributed by atoms with Gasteiger partial charge in [0, 0.05) is 15.0 Å². The molecule has 0 radical (unpaired) electrons. The van der Waals surface area contributed by atoms with Gasteiger partial charge in [0.05, 0.1) is 0 Å². The Morgan fingerprint density at radius 1 is 1.17 bits per heavy atom. The van der Waals surface area contributed by atoms with E-state index in [0.29, 0.717) is 11.3 Å². The number of benzene rings is 1. The van der Waals surface area contributed by atoms with Crippen LogP contribution in [-0.4, -0.2) is 0 Å². The van der Waals surface area contributed by atoms with Gasteiger partial charge in [-0.2, -0.15) is 0 Å². The predicted octanol–water partition coefficient (Wildman–Crippen LogP) is 5.59. The zero-order valence-electron chi connectivity index (χ0n) is 11.8. The summed E-state index contributed by atoms with van der Waals surface area (Å²) >= 11 is 7.20. The van der Waals surface area contributed by atoms with Gasteiger partial charge in [0.15, 0.2) is 0 Å². The van der Waals surface area contributed by atoms with Gasteiger partial charge in [-0.1, -0.05) is 59.6 Å². The molecule has 1 nitrogen and oxygen atoms in total. The molecular formula is C15H23Br2N. The summed E-state index contributed by atoms with van der Waals surface area (Å²) < 4.78 is 2.23. The van der Waals surface area contributed by atoms with Gasteiger partial charge in [-0.25, -0.2) is 0 Å². The fraction of sp³-hybridized carbons (Fsp3) is 0.600. The van der Waals surface area contributed by atoms with Gasteiger partial charge >= 0.3 is 0 Å². The van der Waals surface area contributed by atoms with Gasteiger partial charge in [0.1, 0.15) is 0 Å². The van der Waals surface area contributed by atoms with Gasteiger partial charge in [-0.3, -0.25) is 0 Å². The van der Waals surface area contributed by atoms with Crippen LogP contribution in [0.3, 0.4) is 0 Å². The minimum atomic E-state index is 0.0745. The highest BCUT2D eigenvalue weighted by Crippen LogP contribution is 2.36. The Bertz CT molecular complexity index is 421. The second kappa shape index (κ2) is 6.06. The average Bonchev–Trinajstić information content (AvgIpc) is 2.21. The maximum Gasteiger partial charge on any atom is 0.0309 e. The number of aryl methyl sites for hydroxylation is 1. The third kappa shape index (κ3) is 4.07. The van der Waals surface area contributed by atoms with Crippen molar-refractivity contribution in [1.29, 1.82) is 0 Å². The van der Waals surface area contributed by atoms with Crippen LogP contribution in [-0.2, 0) is 0 Å². The van der Waals surface area contributed by atoms with Gasteiger partial charge in [0.25, 0.3) is 0 Å². The fourth-order valence-electron chi connectivity index (χ4n) is 1.81. The smallest absolute Gasteiger partial charge is 0.0309 e. The van der Waals surface area contributed by atoms with Crippen LogP contribution in [0.4, 0.5) is 0 Å². The van der Waals surface area contributed by atoms with E-state index in [-0.39, 0.29) is 6.04 Å². The summed E-state index contributed by atoms with van der Waals surface area (Å²) in [6, 6.07) is 4.34. The first-order valence-electron chi connectivity index (χ1n) is 6.34. The minimum absolute atomic E-state index is 0.0745. The van der Waals surface area contributed by atoms with E-state index in [2.05, 4.69) is 78.6 Å². The van der Waals surface area contributed by atoms with Crippen molar-refractivity contribution in [1.82, 2.24) is 0 Å². The maximum absolute atomic E-state index is 6.36. The summed E-state index contributed by atoms with van der Waals surface area (Å²) in [5.74, 6) is 0.583. The lowest BCUT2D eigenvalue weighted by Gasteiger charge is -2.30. The number of rotatable bonds is 3. The molecule has 102 valence electrons. The molecule has 0 amide bonds. The lowest BCUT2D eigenvalue weighted by molar-refractivity contribution is 0.233. The average molecular weight is 377 g/mol. The number of halogens is 2. The topological polar surface area (TPSA) is 26.0 Å². The SMILES string of the molecule is Cc1cc(Br)c(C(N)CC(C)C(C)(C)C)cc1Br. The molecule has 0 aliphatic rings. The standard InChI is InChI=1S/C15H23Br2N/c1-9-6-13(17)11(8-12(9)16)14(18)7-10(2)15(3,4)5/h6,8,10,14H,7,18H2,1-5H3. The Hall–Kier alpha value is 0.140. The Labute approximate surface area is 128 Å². The molecule has 1 aromatic carbocycles. The Balaban J connectivity index is 2.91. The van der Waals surface area contributed by atoms with Crippen molar-refractivity contribution in [3.05, 3.63) is 32.2 Å². The molecule has 0 saturated carbocycles. The molecule has 3 heteroatoms. The number of nitrogens with two attached hydrogens (primary N) is 1. The highest BCUT2D eigenvalue weighted by Gasteiger charge is 2.23. The van der Waals surface area contributed by atoms with E-state index in [1.807, 2.05) is 0 Å². The third-order valence-electron chi connectivity index (χ3n) is 3.76. The van der Waals surface area contributed by atoms with E-state index in [1.54, 1.807) is 0 Å². The van der Waals surface area contributed by atoms with Crippen LogP contribution in [0.15, 0.2) is 21.1 Å². The van der Waals surface area contributed by atoms with Crippen molar-refractivity contribution in [3.8, 4) is 0 Å². The van der Waals surface area contributed by atoms with Crippen LogP contribution >= 0.6 is 31.9 Å². The lowest BCUT2D eigenvalue weighted by atomic mass is 9.78. The van der Waals surface area contributed by atoms with Gasteiger partial charge in [-0.05, 0) is 47.9 Å². The van der Waals surface area contributed by atoms with Crippen LogP contribution in [0.5, 0.6) is 0 Å². The molecule has 18 heavy (non-hydrogen) atoms. The van der Waals surface area contributed by atoms with Crippen molar-refractivity contribution in [2.75, 3.05) is 0 Å². The lowest BCUT2D eigenvalue weighted by Crippen LogP contribution is -2.23. The summed E-state index contributed by atoms with van der Waals surface area (Å²) in [4.78, 5) is 0. The molecule has 0 aliphatic carbocycles. The first-order chi connectivity index (χ1) is 8.12. The molecule has 2 atom stereocenters. The minimum Gasteiger partial charge on any atom is -0.324 e. The molecular weight excluding hydrogens is 354 g/mol. The first-order valence-corrected chi connectivity index (χ1v) is 7.92. The van der Waals surface area contributed by atoms with E-state index >= 15 is 0 Å². The maximum atomic E-state index is 6.36. The molecule has 1 aromatic rings. The number of hydrogen-bond donors (Lipinski definition) is 1. The van der Waals surface area contributed by atoms with Crippen molar-refractivity contribution < 1.29 is 0 Å². The monoisotopic (exact) mass is 375 g/mol. The van der Waals surface area contributed by atoms with E-state index < -0.39 is 0 Å². The molecule has 0 aliphatic heterocycles. The zero-order valence-corrected chi connectivity index (χ0v) is 15.0. The zero-order chi connectivity index (χ0) is 14.1. The van der Waals surface area contributed by atoms with Crippen molar-refractivity contribution in [2.24, 2.45) is 17.1 Å². The Morgan fingerprint density at radius 3 is 2.22 bits per heavy atom. The first kappa shape index (κ1) is 16.2. The summed E-state index contributed by atoms with van der Waals surface area (Å²) in [6.45, 7) is 11.2. The molecule has 0 heterocycles. The highest BCUT2D eigenvalue weighted by molar-refractivity contribution is 9.11. The van der Waals surface area contributed by atoms with E-state index in [1.165, 1.54) is 11.1 Å². The van der Waals surface area contributed by atoms with Gasteiger partial charge < -0.3 is 5.73 Å². The van der Waals surface area contributed by atoms with Crippen molar-refractivity contribution in [3.63, 3.8) is 0 Å². The second-order valence-electron chi connectivity index (χ2n) is 6.23. The third-order valence-corrected chi connectivity index (χ3v) is 5.30. The van der Waals surface area contributed by atoms with Crippen LogP contribution in [0.2, 0.25) is 0 Å². The molecule has 0 bridgehead atoms. The molecule has 0 fully saturated rings. The summed E-state index contributed by atoms with van der Waals surface area (Å²) in [7, 11) is 0. The summed E-state index contributed by atoms with van der Waals surface area (Å²) in [6.07, 6.45) is 0.998. The van der Waals surface area contributed by atoms with Crippen molar-refractivity contribution >= 4 is 31.9 Å². The molecule has 0 spiro atoms. The molecule has 2 N–H and O–H groups in total. The quantitative estimate of drug-likeness (QED) is 0.730. The predicted molar refractivity (Wildman–Crippen MR) is 86.7 cm³/mol. The highest BCUT2D eigenvalue weighted by atomic mass is 79.9.